The Morgan fingerprint density at radius 3 is 1.81 bits per heavy atom. The highest BCUT2D eigenvalue weighted by Gasteiger charge is 2.59. The zero-order chi connectivity index (χ0) is 13.4. The number of carbonyl (C=O) groups excluding carboxylic acids is 1. The average Bonchev–Trinajstić information content (AvgIpc) is 2.15. The minimum absolute atomic E-state index is 0.761. The van der Waals surface area contributed by atoms with Gasteiger partial charge in [-0.15, -0.1) is 0 Å². The lowest BCUT2D eigenvalue weighted by atomic mass is 9.69. The lowest BCUT2D eigenvalue weighted by Crippen LogP contribution is -2.70. The smallest absolute Gasteiger partial charge is 0.164 e. The molecule has 0 bridgehead atoms. The van der Waals surface area contributed by atoms with Crippen molar-refractivity contribution < 1.29 is 30.3 Å². The third-order valence-electron chi connectivity index (χ3n) is 3.44. The molecule has 0 unspecified atom stereocenters. The molecule has 0 aromatic rings. The summed E-state index contributed by atoms with van der Waals surface area (Å²) >= 11 is 0. The van der Waals surface area contributed by atoms with E-state index in [9.17, 15) is 25.2 Å². The van der Waals surface area contributed by atoms with Gasteiger partial charge in [0.25, 0.3) is 0 Å². The van der Waals surface area contributed by atoms with E-state index in [4.69, 9.17) is 5.11 Å². The van der Waals surface area contributed by atoms with E-state index in [-0.39, 0.29) is 0 Å². The molecule has 16 heavy (non-hydrogen) atoms. The summed E-state index contributed by atoms with van der Waals surface area (Å²) in [6.07, 6.45) is -1.69. The highest BCUT2D eigenvalue weighted by molar-refractivity contribution is 5.86. The second-order valence-corrected chi connectivity index (χ2v) is 4.55. The average molecular weight is 236 g/mol. The van der Waals surface area contributed by atoms with Crippen molar-refractivity contribution in [2.75, 3.05) is 6.61 Å². The van der Waals surface area contributed by atoms with Crippen LogP contribution in [0.2, 0.25) is 0 Å². The van der Waals surface area contributed by atoms with Crippen molar-refractivity contribution in [3.8, 4) is 0 Å². The number of rotatable bonds is 5. The van der Waals surface area contributed by atoms with Crippen LogP contribution < -0.4 is 0 Å². The lowest BCUT2D eigenvalue weighted by Gasteiger charge is -2.47. The van der Waals surface area contributed by atoms with Crippen LogP contribution in [0.3, 0.4) is 0 Å². The van der Waals surface area contributed by atoms with Gasteiger partial charge in [0.15, 0.2) is 11.4 Å². The third-order valence-corrected chi connectivity index (χ3v) is 3.44. The number of hydrogen-bond donors (Lipinski definition) is 5. The van der Waals surface area contributed by atoms with Gasteiger partial charge < -0.3 is 25.5 Å². The highest BCUT2D eigenvalue weighted by atomic mass is 16.4. The lowest BCUT2D eigenvalue weighted by molar-refractivity contribution is -0.251. The predicted octanol–water partition coefficient (Wildman–Crippen LogP) is -1.82. The maximum atomic E-state index is 11.2. The molecule has 0 radical (unpaired) electrons. The molecule has 0 aliphatic heterocycles. The van der Waals surface area contributed by atoms with E-state index in [1.165, 1.54) is 0 Å². The van der Waals surface area contributed by atoms with Crippen molar-refractivity contribution in [2.45, 2.75) is 50.6 Å². The van der Waals surface area contributed by atoms with E-state index < -0.39 is 35.3 Å². The summed E-state index contributed by atoms with van der Waals surface area (Å²) in [7, 11) is 0. The molecule has 0 spiro atoms. The molecule has 0 aromatic carbocycles. The molecule has 0 rings (SSSR count). The maximum absolute atomic E-state index is 11.2. The first-order valence-electron chi connectivity index (χ1n) is 4.90. The maximum Gasteiger partial charge on any atom is 0.164 e. The van der Waals surface area contributed by atoms with Crippen LogP contribution >= 0.6 is 0 Å². The fourth-order valence-corrected chi connectivity index (χ4v) is 1.34. The second-order valence-electron chi connectivity index (χ2n) is 4.55. The van der Waals surface area contributed by atoms with Gasteiger partial charge in [-0.3, -0.25) is 4.79 Å². The zero-order valence-corrected chi connectivity index (χ0v) is 9.93. The molecule has 0 aliphatic carbocycles. The molecule has 96 valence electrons. The molecule has 5 N–H and O–H groups in total. The predicted molar refractivity (Wildman–Crippen MR) is 55.6 cm³/mol. The summed E-state index contributed by atoms with van der Waals surface area (Å²) in [5.74, 6) is -0.761. The number of aliphatic hydroxyl groups excluding tert-OH is 2. The minimum atomic E-state index is -2.31. The number of hydrogen-bond acceptors (Lipinski definition) is 6. The molecule has 6 nitrogen and oxygen atoms in total. The third kappa shape index (κ3) is 2.11. The van der Waals surface area contributed by atoms with Crippen molar-refractivity contribution in [1.29, 1.82) is 0 Å². The minimum Gasteiger partial charge on any atom is -0.394 e. The normalized spacial score (nSPS) is 25.1. The molecule has 6 heteroatoms. The Kier molecular flexibility index (Phi) is 4.24. The number of Topliss-reactive ketones (excluding diaryl/α,β-unsaturated/α-hetero) is 1. The Morgan fingerprint density at radius 1 is 1.19 bits per heavy atom. The van der Waals surface area contributed by atoms with Crippen molar-refractivity contribution in [1.82, 2.24) is 0 Å². The molecule has 0 aromatic heterocycles. The summed E-state index contributed by atoms with van der Waals surface area (Å²) in [6, 6.07) is 0. The molecule has 0 heterocycles. The molecule has 0 amide bonds. The number of ketones is 1. The van der Waals surface area contributed by atoms with Crippen LogP contribution in [-0.2, 0) is 4.79 Å². The first kappa shape index (κ1) is 15.5. The van der Waals surface area contributed by atoms with Gasteiger partial charge in [-0.05, 0) is 27.7 Å². The quantitative estimate of drug-likeness (QED) is 0.383. The summed E-state index contributed by atoms with van der Waals surface area (Å²) in [5.41, 5.74) is -6.79. The van der Waals surface area contributed by atoms with Gasteiger partial charge in [0.05, 0.1) is 6.61 Å². The molecular formula is C10H20O6. The van der Waals surface area contributed by atoms with Gasteiger partial charge in [-0.25, -0.2) is 0 Å². The van der Waals surface area contributed by atoms with E-state index in [2.05, 4.69) is 0 Å². The van der Waals surface area contributed by atoms with Crippen LogP contribution in [0.4, 0.5) is 0 Å². The van der Waals surface area contributed by atoms with Crippen LogP contribution in [0.15, 0.2) is 0 Å². The van der Waals surface area contributed by atoms with Crippen LogP contribution in [0, 0.1) is 0 Å². The highest BCUT2D eigenvalue weighted by Crippen LogP contribution is 2.35. The fraction of sp³-hybridized carbons (Fsp3) is 0.900. The summed E-state index contributed by atoms with van der Waals surface area (Å²) in [6.45, 7) is 3.33. The Labute approximate surface area is 94.2 Å². The largest absolute Gasteiger partial charge is 0.394 e. The van der Waals surface area contributed by atoms with Crippen LogP contribution in [0.25, 0.3) is 0 Å². The van der Waals surface area contributed by atoms with Gasteiger partial charge >= 0.3 is 0 Å². The Morgan fingerprint density at radius 2 is 1.56 bits per heavy atom. The van der Waals surface area contributed by atoms with Gasteiger partial charge in [0.1, 0.15) is 17.3 Å². The zero-order valence-electron chi connectivity index (χ0n) is 9.93. The molecule has 0 fully saturated rings. The molecule has 4 atom stereocenters. The topological polar surface area (TPSA) is 118 Å². The summed E-state index contributed by atoms with van der Waals surface area (Å²) < 4.78 is 0. The Hall–Kier alpha value is -0.530. The molecule has 0 saturated heterocycles. The van der Waals surface area contributed by atoms with Gasteiger partial charge in [-0.1, -0.05) is 0 Å². The van der Waals surface area contributed by atoms with Crippen LogP contribution in [-0.4, -0.2) is 60.8 Å². The first-order valence-corrected chi connectivity index (χ1v) is 4.90. The fourth-order valence-electron chi connectivity index (χ4n) is 1.34. The molecule has 0 aliphatic rings. The Bertz CT molecular complexity index is 268. The van der Waals surface area contributed by atoms with E-state index in [0.29, 0.717) is 0 Å². The SMILES string of the molecule is CC(=O)[C@@](C)(O)[C@](C)(O)[C@@](C)(O)[C@H](O)CO. The monoisotopic (exact) mass is 236 g/mol. The van der Waals surface area contributed by atoms with Crippen molar-refractivity contribution in [3.63, 3.8) is 0 Å². The van der Waals surface area contributed by atoms with Crippen LogP contribution in [0.1, 0.15) is 27.7 Å². The Balaban J connectivity index is 5.42. The molecular weight excluding hydrogens is 216 g/mol. The second kappa shape index (κ2) is 4.38. The molecule has 0 saturated carbocycles. The van der Waals surface area contributed by atoms with E-state index in [1.807, 2.05) is 0 Å². The van der Waals surface area contributed by atoms with Crippen molar-refractivity contribution in [3.05, 3.63) is 0 Å². The number of aliphatic hydroxyl groups is 5. The standard InChI is InChI=1S/C10H20O6/c1-6(12)8(2,14)10(4,16)9(3,15)7(13)5-11/h7,11,13-16H,5H2,1-4H3/t7-,8-,9+,10+/m1/s1. The first-order chi connectivity index (χ1) is 6.92. The summed E-state index contributed by atoms with van der Waals surface area (Å²) in [4.78, 5) is 11.2. The van der Waals surface area contributed by atoms with Crippen molar-refractivity contribution >= 4 is 5.78 Å². The van der Waals surface area contributed by atoms with Gasteiger partial charge in [-0.2, -0.15) is 0 Å². The number of carbonyl (C=O) groups is 1. The van der Waals surface area contributed by atoms with E-state index in [1.54, 1.807) is 0 Å². The van der Waals surface area contributed by atoms with Gasteiger partial charge in [0.2, 0.25) is 0 Å². The van der Waals surface area contributed by atoms with E-state index in [0.717, 1.165) is 27.7 Å². The summed E-state index contributed by atoms with van der Waals surface area (Å²) in [5, 5.41) is 48.0. The van der Waals surface area contributed by atoms with Crippen LogP contribution in [0.5, 0.6) is 0 Å². The van der Waals surface area contributed by atoms with E-state index >= 15 is 0 Å². The van der Waals surface area contributed by atoms with Gasteiger partial charge in [0, 0.05) is 0 Å². The van der Waals surface area contributed by atoms with Crippen molar-refractivity contribution in [2.24, 2.45) is 0 Å².